The molecule has 0 bridgehead atoms. The average Bonchev–Trinajstić information content (AvgIpc) is 2.55. The number of hydrogen-bond donors (Lipinski definition) is 1. The topological polar surface area (TPSA) is 38.3 Å². The lowest BCUT2D eigenvalue weighted by atomic mass is 10.1. The summed E-state index contributed by atoms with van der Waals surface area (Å²) in [5.41, 5.74) is 2.65. The maximum absolute atomic E-state index is 12.3. The smallest absolute Gasteiger partial charge is 0.255 e. The van der Waals surface area contributed by atoms with E-state index in [9.17, 15) is 4.79 Å². The van der Waals surface area contributed by atoms with Crippen molar-refractivity contribution < 1.29 is 9.53 Å². The van der Waals surface area contributed by atoms with Gasteiger partial charge in [-0.1, -0.05) is 19.4 Å². The molecule has 4 heteroatoms. The van der Waals surface area contributed by atoms with Crippen LogP contribution >= 0.6 is 15.9 Å². The molecule has 0 aliphatic rings. The molecule has 0 aliphatic heterocycles. The lowest BCUT2D eigenvalue weighted by Crippen LogP contribution is -2.12. The zero-order valence-electron chi connectivity index (χ0n) is 12.9. The van der Waals surface area contributed by atoms with E-state index in [0.29, 0.717) is 5.56 Å². The average molecular weight is 362 g/mol. The molecule has 3 nitrogen and oxygen atoms in total. The maximum Gasteiger partial charge on any atom is 0.255 e. The summed E-state index contributed by atoms with van der Waals surface area (Å²) >= 11 is 3.53. The Morgan fingerprint density at radius 2 is 1.91 bits per heavy atom. The van der Waals surface area contributed by atoms with Crippen molar-refractivity contribution in [3.05, 3.63) is 58.1 Å². The fraction of sp³-hybridized carbons (Fsp3) is 0.278. The molecule has 0 unspecified atom stereocenters. The summed E-state index contributed by atoms with van der Waals surface area (Å²) in [5, 5.41) is 2.92. The minimum absolute atomic E-state index is 0.135. The summed E-state index contributed by atoms with van der Waals surface area (Å²) in [5.74, 6) is 0.600. The molecule has 116 valence electrons. The molecule has 0 aliphatic carbocycles. The largest absolute Gasteiger partial charge is 0.497 e. The van der Waals surface area contributed by atoms with Crippen LogP contribution in [-0.2, 0) is 6.42 Å². The van der Waals surface area contributed by atoms with Gasteiger partial charge in [-0.3, -0.25) is 4.79 Å². The number of carbonyl (C=O) groups excluding carboxylic acids is 1. The van der Waals surface area contributed by atoms with Gasteiger partial charge in [-0.15, -0.1) is 0 Å². The van der Waals surface area contributed by atoms with Crippen LogP contribution in [0.1, 0.15) is 35.7 Å². The van der Waals surface area contributed by atoms with Crippen molar-refractivity contribution in [2.24, 2.45) is 0 Å². The van der Waals surface area contributed by atoms with Crippen LogP contribution in [0.4, 0.5) is 5.69 Å². The molecule has 0 atom stereocenters. The molecule has 1 amide bonds. The molecule has 0 saturated carbocycles. The minimum Gasteiger partial charge on any atom is -0.497 e. The molecule has 22 heavy (non-hydrogen) atoms. The highest BCUT2D eigenvalue weighted by Gasteiger charge is 2.09. The van der Waals surface area contributed by atoms with E-state index >= 15 is 0 Å². The molecular weight excluding hydrogens is 342 g/mol. The first-order valence-corrected chi connectivity index (χ1v) is 8.17. The molecule has 1 N–H and O–H groups in total. The van der Waals surface area contributed by atoms with Crippen molar-refractivity contribution in [3.8, 4) is 5.75 Å². The number of unbranched alkanes of at least 4 members (excludes halogenated alkanes) is 1. The predicted molar refractivity (Wildman–Crippen MR) is 93.7 cm³/mol. The van der Waals surface area contributed by atoms with E-state index in [1.54, 1.807) is 31.4 Å². The monoisotopic (exact) mass is 361 g/mol. The Hall–Kier alpha value is -1.81. The van der Waals surface area contributed by atoms with Gasteiger partial charge in [-0.25, -0.2) is 0 Å². The number of halogens is 1. The van der Waals surface area contributed by atoms with E-state index < -0.39 is 0 Å². The van der Waals surface area contributed by atoms with Crippen molar-refractivity contribution in [2.75, 3.05) is 12.4 Å². The van der Waals surface area contributed by atoms with Gasteiger partial charge in [-0.05, 0) is 70.7 Å². The van der Waals surface area contributed by atoms with E-state index in [1.165, 1.54) is 18.4 Å². The summed E-state index contributed by atoms with van der Waals surface area (Å²) in [6.45, 7) is 2.18. The van der Waals surface area contributed by atoms with Crippen LogP contribution in [-0.4, -0.2) is 13.0 Å². The third-order valence-electron chi connectivity index (χ3n) is 3.45. The zero-order valence-corrected chi connectivity index (χ0v) is 14.4. The van der Waals surface area contributed by atoms with Crippen LogP contribution in [0.5, 0.6) is 5.75 Å². The molecular formula is C18H20BrNO2. The van der Waals surface area contributed by atoms with E-state index in [2.05, 4.69) is 40.3 Å². The van der Waals surface area contributed by atoms with Gasteiger partial charge >= 0.3 is 0 Å². The van der Waals surface area contributed by atoms with E-state index in [4.69, 9.17) is 4.74 Å². The number of ether oxygens (including phenoxy) is 1. The SMILES string of the molecule is CCCCc1ccc(NC(=O)c2ccc(OC)cc2)c(Br)c1. The Bertz CT molecular complexity index is 638. The quantitative estimate of drug-likeness (QED) is 0.781. The van der Waals surface area contributed by atoms with E-state index in [1.807, 2.05) is 6.07 Å². The lowest BCUT2D eigenvalue weighted by Gasteiger charge is -2.10. The predicted octanol–water partition coefficient (Wildman–Crippen LogP) is 5.05. The van der Waals surface area contributed by atoms with Crippen molar-refractivity contribution in [2.45, 2.75) is 26.2 Å². The van der Waals surface area contributed by atoms with Gasteiger partial charge in [0.2, 0.25) is 0 Å². The highest BCUT2D eigenvalue weighted by molar-refractivity contribution is 9.10. The fourth-order valence-electron chi connectivity index (χ4n) is 2.13. The highest BCUT2D eigenvalue weighted by atomic mass is 79.9. The second-order valence-electron chi connectivity index (χ2n) is 5.10. The van der Waals surface area contributed by atoms with Crippen LogP contribution in [0.2, 0.25) is 0 Å². The maximum atomic E-state index is 12.3. The Balaban J connectivity index is 2.07. The van der Waals surface area contributed by atoms with E-state index in [0.717, 1.165) is 22.3 Å². The van der Waals surface area contributed by atoms with Crippen LogP contribution in [0.3, 0.4) is 0 Å². The molecule has 2 aromatic carbocycles. The molecule has 2 rings (SSSR count). The molecule has 0 spiro atoms. The van der Waals surface area contributed by atoms with E-state index in [-0.39, 0.29) is 5.91 Å². The van der Waals surface area contributed by atoms with Gasteiger partial charge in [0.1, 0.15) is 5.75 Å². The third kappa shape index (κ3) is 4.34. The second kappa shape index (κ2) is 7.99. The number of hydrogen-bond acceptors (Lipinski definition) is 2. The van der Waals surface area contributed by atoms with Gasteiger partial charge in [0.05, 0.1) is 12.8 Å². The van der Waals surface area contributed by atoms with Gasteiger partial charge in [-0.2, -0.15) is 0 Å². The van der Waals surface area contributed by atoms with Crippen LogP contribution < -0.4 is 10.1 Å². The van der Waals surface area contributed by atoms with Gasteiger partial charge in [0, 0.05) is 10.0 Å². The standard InChI is InChI=1S/C18H20BrNO2/c1-3-4-5-13-6-11-17(16(19)12-13)20-18(21)14-7-9-15(22-2)10-8-14/h6-12H,3-5H2,1-2H3,(H,20,21). The van der Waals surface area contributed by atoms with Crippen LogP contribution in [0, 0.1) is 0 Å². The summed E-state index contributed by atoms with van der Waals surface area (Å²) in [6.07, 6.45) is 3.40. The lowest BCUT2D eigenvalue weighted by molar-refractivity contribution is 0.102. The van der Waals surface area contributed by atoms with Crippen molar-refractivity contribution in [1.29, 1.82) is 0 Å². The summed E-state index contributed by atoms with van der Waals surface area (Å²) < 4.78 is 6.00. The molecule has 0 radical (unpaired) electrons. The van der Waals surface area contributed by atoms with Gasteiger partial charge in [0.25, 0.3) is 5.91 Å². The van der Waals surface area contributed by atoms with Gasteiger partial charge in [0.15, 0.2) is 0 Å². The summed E-state index contributed by atoms with van der Waals surface area (Å²) in [6, 6.07) is 13.1. The zero-order chi connectivity index (χ0) is 15.9. The summed E-state index contributed by atoms with van der Waals surface area (Å²) in [7, 11) is 1.60. The Morgan fingerprint density at radius 3 is 2.50 bits per heavy atom. The van der Waals surface area contributed by atoms with Crippen molar-refractivity contribution in [3.63, 3.8) is 0 Å². The highest BCUT2D eigenvalue weighted by Crippen LogP contribution is 2.25. The minimum atomic E-state index is -0.135. The first kappa shape index (κ1) is 16.6. The molecule has 0 fully saturated rings. The number of methoxy groups -OCH3 is 1. The first-order chi connectivity index (χ1) is 10.6. The molecule has 0 saturated heterocycles. The van der Waals surface area contributed by atoms with Gasteiger partial charge < -0.3 is 10.1 Å². The third-order valence-corrected chi connectivity index (χ3v) is 4.11. The molecule has 2 aromatic rings. The fourth-order valence-corrected chi connectivity index (χ4v) is 2.66. The van der Waals surface area contributed by atoms with Crippen LogP contribution in [0.25, 0.3) is 0 Å². The Morgan fingerprint density at radius 1 is 1.18 bits per heavy atom. The van der Waals surface area contributed by atoms with Crippen molar-refractivity contribution in [1.82, 2.24) is 0 Å². The number of rotatable bonds is 6. The normalized spacial score (nSPS) is 10.3. The number of carbonyl (C=O) groups is 1. The molecule has 0 aromatic heterocycles. The van der Waals surface area contributed by atoms with Crippen LogP contribution in [0.15, 0.2) is 46.9 Å². The number of aryl methyl sites for hydroxylation is 1. The number of amides is 1. The number of nitrogens with one attached hydrogen (secondary N) is 1. The second-order valence-corrected chi connectivity index (χ2v) is 5.95. The number of benzene rings is 2. The number of anilines is 1. The first-order valence-electron chi connectivity index (χ1n) is 7.38. The Labute approximate surface area is 139 Å². The Kier molecular flexibility index (Phi) is 6.01. The summed E-state index contributed by atoms with van der Waals surface area (Å²) in [4.78, 5) is 12.3. The molecule has 0 heterocycles. The van der Waals surface area contributed by atoms with Crippen molar-refractivity contribution >= 4 is 27.5 Å².